The van der Waals surface area contributed by atoms with Crippen LogP contribution in [0.2, 0.25) is 0 Å². The summed E-state index contributed by atoms with van der Waals surface area (Å²) in [6.45, 7) is 1.94. The van der Waals surface area contributed by atoms with Crippen LogP contribution in [0.4, 0.5) is 0 Å². The van der Waals surface area contributed by atoms with Crippen LogP contribution >= 0.6 is 0 Å². The second-order valence-electron chi connectivity index (χ2n) is 9.72. The number of nitrogens with zero attached hydrogens (tertiary/aromatic N) is 1. The average molecular weight is 620 g/mol. The molecule has 2 unspecified atom stereocenters. The zero-order valence-corrected chi connectivity index (χ0v) is 24.4. The number of amides is 3. The quantitative estimate of drug-likeness (QED) is 0.0474. The van der Waals surface area contributed by atoms with Gasteiger partial charge in [-0.3, -0.25) is 43.9 Å². The van der Waals surface area contributed by atoms with Crippen LogP contribution < -0.4 is 33.6 Å². The fourth-order valence-corrected chi connectivity index (χ4v) is 3.97. The van der Waals surface area contributed by atoms with E-state index in [0.29, 0.717) is 10.5 Å². The second kappa shape index (κ2) is 18.0. The fourth-order valence-electron chi connectivity index (χ4n) is 3.97. The van der Waals surface area contributed by atoms with Crippen molar-refractivity contribution < 1.29 is 43.4 Å². The number of hydrogen-bond acceptors (Lipinski definition) is 12. The van der Waals surface area contributed by atoms with E-state index in [1.165, 1.54) is 24.5 Å². The van der Waals surface area contributed by atoms with E-state index >= 15 is 0 Å². The van der Waals surface area contributed by atoms with Gasteiger partial charge in [-0.25, -0.2) is 0 Å². The van der Waals surface area contributed by atoms with Gasteiger partial charge in [0.05, 0.1) is 24.5 Å². The number of carbonyl (C=O) groups is 6. The number of guanidine groups is 1. The van der Waals surface area contributed by atoms with Gasteiger partial charge in [0.1, 0.15) is 18.7 Å². The van der Waals surface area contributed by atoms with Gasteiger partial charge in [0.15, 0.2) is 11.7 Å². The van der Waals surface area contributed by atoms with Crippen LogP contribution in [-0.2, 0) is 40.0 Å². The predicted octanol–water partition coefficient (Wildman–Crippen LogP) is -2.62. The van der Waals surface area contributed by atoms with Crippen molar-refractivity contribution in [2.45, 2.75) is 76.3 Å². The van der Waals surface area contributed by atoms with Gasteiger partial charge in [-0.05, 0) is 37.0 Å². The largest absolute Gasteiger partial charge is 0.481 e. The van der Waals surface area contributed by atoms with Crippen LogP contribution in [0.25, 0.3) is 0 Å². The number of nitrogens with one attached hydrogen (secondary N) is 3. The molecule has 1 aromatic rings. The number of benzene rings is 1. The third-order valence-electron chi connectivity index (χ3n) is 6.33. The highest BCUT2D eigenvalue weighted by molar-refractivity contribution is 6.08. The molecule has 0 saturated heterocycles. The maximum Gasteiger partial charge on any atom is 0.305 e. The zero-order chi connectivity index (χ0) is 33.6. The number of imide groups is 1. The highest BCUT2D eigenvalue weighted by atomic mass is 16.5. The first kappa shape index (κ1) is 37.3. The molecule has 1 rings (SSSR count). The number of Topliss-reactive ketones (excluding diaryl/α,β-unsaturated/α-hetero) is 1. The van der Waals surface area contributed by atoms with E-state index in [0.717, 1.165) is 6.92 Å². The lowest BCUT2D eigenvalue weighted by Crippen LogP contribution is -2.58. The highest BCUT2D eigenvalue weighted by Crippen LogP contribution is 2.16. The number of rotatable bonds is 18. The Labute approximate surface area is 253 Å². The zero-order valence-electron chi connectivity index (χ0n) is 24.4. The minimum atomic E-state index is -1.78. The number of nitrogens with two attached hydrogens (primary N) is 4. The van der Waals surface area contributed by atoms with Crippen LogP contribution in [0.5, 0.6) is 0 Å². The first-order valence-corrected chi connectivity index (χ1v) is 13.5. The molecule has 241 valence electrons. The van der Waals surface area contributed by atoms with Crippen molar-refractivity contribution in [1.29, 1.82) is 5.41 Å². The normalized spacial score (nSPS) is 14.1. The number of ether oxygens (including phenoxy) is 1. The highest BCUT2D eigenvalue weighted by Gasteiger charge is 2.38. The van der Waals surface area contributed by atoms with Gasteiger partial charge < -0.3 is 43.4 Å². The number of carbonyl (C=O) groups excluding carboxylic acids is 6. The Balaban J connectivity index is 3.63. The summed E-state index contributed by atoms with van der Waals surface area (Å²) in [7, 11) is 0. The number of carboxylic acid groups (broad SMARTS) is 1. The predicted molar refractivity (Wildman–Crippen MR) is 155 cm³/mol. The fraction of sp³-hybridized carbons (Fsp3) is 0.481. The molecule has 0 fully saturated rings. The van der Waals surface area contributed by atoms with E-state index in [9.17, 15) is 33.6 Å². The monoisotopic (exact) mass is 619 g/mol. The molecule has 0 bridgehead atoms. The Morgan fingerprint density at radius 2 is 1.70 bits per heavy atom. The molecule has 17 nitrogen and oxygen atoms in total. The lowest BCUT2D eigenvalue weighted by Gasteiger charge is -2.31. The number of hydrogen-bond donors (Lipinski definition) is 8. The molecule has 0 saturated carbocycles. The van der Waals surface area contributed by atoms with E-state index in [-0.39, 0.29) is 24.9 Å². The topological polar surface area (TPSA) is 304 Å². The standard InChI is InChI=1S/C27H39N8O9/c1-3-18(29)23(40)20(34-27(31)32)7-8-21(33-24(41)19(30)10-22(38)39)26(43)35(17(12-36)13-44-14(2)37)25(42)16-6-4-5-15(9-16)11-28/h4-6,9,17-21H,3,7-8,10-11,13,28-30H2,1-2H3,(H,33,41)(H,38,39)(H4,31,32,34)/t17-,18?,19+,20?,21+/m1/s1. The number of ketones is 1. The van der Waals surface area contributed by atoms with Crippen molar-refractivity contribution in [3.05, 3.63) is 35.4 Å². The summed E-state index contributed by atoms with van der Waals surface area (Å²) < 4.78 is 4.87. The van der Waals surface area contributed by atoms with Gasteiger partial charge in [0.2, 0.25) is 12.2 Å². The third-order valence-corrected chi connectivity index (χ3v) is 6.33. The van der Waals surface area contributed by atoms with Crippen molar-refractivity contribution in [3.8, 4) is 0 Å². The molecular weight excluding hydrogens is 580 g/mol. The number of aliphatic carboxylic acids is 1. The Hall–Kier alpha value is -4.74. The van der Waals surface area contributed by atoms with E-state index in [2.05, 4.69) is 10.6 Å². The van der Waals surface area contributed by atoms with Crippen LogP contribution in [0, 0.1) is 5.41 Å². The summed E-state index contributed by atoms with van der Waals surface area (Å²) in [5.41, 5.74) is 23.0. The Morgan fingerprint density at radius 3 is 2.23 bits per heavy atom. The SMILES string of the molecule is CCC(N)C(=O)C(CC[C@H](NC(=O)[C@@H](N)CC(=O)O)C(=O)N(C(=O)c1cccc(CN)c1)[C@H]([C]=O)COC(C)=O)NC(=N)N. The molecule has 1 radical (unpaired) electrons. The first-order valence-electron chi connectivity index (χ1n) is 13.5. The molecule has 5 atom stereocenters. The maximum atomic E-state index is 14.0. The molecule has 44 heavy (non-hydrogen) atoms. The molecule has 0 aliphatic carbocycles. The van der Waals surface area contributed by atoms with E-state index in [1.54, 1.807) is 13.0 Å². The van der Waals surface area contributed by atoms with Gasteiger partial charge in [0.25, 0.3) is 11.8 Å². The van der Waals surface area contributed by atoms with Gasteiger partial charge in [-0.1, -0.05) is 19.1 Å². The van der Waals surface area contributed by atoms with Gasteiger partial charge >= 0.3 is 11.9 Å². The van der Waals surface area contributed by atoms with Crippen molar-refractivity contribution >= 4 is 47.7 Å². The second-order valence-corrected chi connectivity index (χ2v) is 9.72. The van der Waals surface area contributed by atoms with E-state index in [4.69, 9.17) is 38.2 Å². The minimum Gasteiger partial charge on any atom is -0.481 e. The number of esters is 1. The molecule has 0 aromatic heterocycles. The minimum absolute atomic E-state index is 0.0321. The Kier molecular flexibility index (Phi) is 15.3. The van der Waals surface area contributed by atoms with E-state index in [1.807, 2.05) is 0 Å². The molecular formula is C27H39N8O9. The molecule has 1 aromatic carbocycles. The molecule has 0 spiro atoms. The summed E-state index contributed by atoms with van der Waals surface area (Å²) in [5, 5.41) is 21.3. The number of carboxylic acids is 1. The molecule has 17 heteroatoms. The van der Waals surface area contributed by atoms with Crippen molar-refractivity contribution in [2.24, 2.45) is 22.9 Å². The maximum absolute atomic E-state index is 14.0. The van der Waals surface area contributed by atoms with Crippen LogP contribution in [0.3, 0.4) is 0 Å². The van der Waals surface area contributed by atoms with Crippen molar-refractivity contribution in [1.82, 2.24) is 15.5 Å². The molecule has 0 aliphatic rings. The Morgan fingerprint density at radius 1 is 1.07 bits per heavy atom. The summed E-state index contributed by atoms with van der Waals surface area (Å²) >= 11 is 0. The Bertz CT molecular complexity index is 1240. The van der Waals surface area contributed by atoms with Crippen molar-refractivity contribution in [3.63, 3.8) is 0 Å². The average Bonchev–Trinajstić information content (AvgIpc) is 2.98. The van der Waals surface area contributed by atoms with Gasteiger partial charge in [-0.15, -0.1) is 0 Å². The van der Waals surface area contributed by atoms with Gasteiger partial charge in [0, 0.05) is 19.0 Å². The van der Waals surface area contributed by atoms with Gasteiger partial charge in [-0.2, -0.15) is 0 Å². The molecule has 0 aliphatic heterocycles. The lowest BCUT2D eigenvalue weighted by molar-refractivity contribution is -0.144. The molecule has 0 heterocycles. The smallest absolute Gasteiger partial charge is 0.305 e. The van der Waals surface area contributed by atoms with Crippen LogP contribution in [0.15, 0.2) is 24.3 Å². The lowest BCUT2D eigenvalue weighted by atomic mass is 9.96. The summed E-state index contributed by atoms with van der Waals surface area (Å²) in [5.74, 6) is -6.72. The van der Waals surface area contributed by atoms with Crippen LogP contribution in [-0.4, -0.2) is 94.5 Å². The summed E-state index contributed by atoms with van der Waals surface area (Å²) in [6, 6.07) is -1.48. The summed E-state index contributed by atoms with van der Waals surface area (Å²) in [4.78, 5) is 88.5. The third kappa shape index (κ3) is 11.5. The van der Waals surface area contributed by atoms with Crippen LogP contribution in [0.1, 0.15) is 55.5 Å². The molecule has 12 N–H and O–H groups in total. The van der Waals surface area contributed by atoms with Crippen molar-refractivity contribution in [2.75, 3.05) is 6.61 Å². The summed E-state index contributed by atoms with van der Waals surface area (Å²) in [6.07, 6.45) is 0.229. The van der Waals surface area contributed by atoms with E-state index < -0.39 is 91.1 Å². The molecule has 3 amide bonds. The first-order chi connectivity index (χ1) is 20.7.